The van der Waals surface area contributed by atoms with Crippen LogP contribution in [0, 0.1) is 13.8 Å². The van der Waals surface area contributed by atoms with Crippen molar-refractivity contribution in [3.8, 4) is 0 Å². The summed E-state index contributed by atoms with van der Waals surface area (Å²) in [6.07, 6.45) is 6.88. The molecular formula is C23H28N4O2. The van der Waals surface area contributed by atoms with Crippen LogP contribution in [0.3, 0.4) is 0 Å². The first kappa shape index (κ1) is 19.6. The van der Waals surface area contributed by atoms with Gasteiger partial charge in [-0.15, -0.1) is 0 Å². The first-order chi connectivity index (χ1) is 14.2. The van der Waals surface area contributed by atoms with Crippen molar-refractivity contribution in [1.82, 2.24) is 9.97 Å². The molecule has 2 aromatic heterocycles. The molecule has 0 aromatic carbocycles. The highest BCUT2D eigenvalue weighted by atomic mass is 16.6. The summed E-state index contributed by atoms with van der Waals surface area (Å²) in [6, 6.07) is 8.42. The molecule has 2 aliphatic rings. The third-order valence-corrected chi connectivity index (χ3v) is 5.32. The van der Waals surface area contributed by atoms with Gasteiger partial charge in [-0.3, -0.25) is 9.97 Å². The normalized spacial score (nSPS) is 18.4. The van der Waals surface area contributed by atoms with Gasteiger partial charge >= 0.3 is 0 Å². The number of hydrogen-bond donors (Lipinski definition) is 0. The van der Waals surface area contributed by atoms with Crippen LogP contribution in [0.4, 0.5) is 0 Å². The predicted octanol–water partition coefficient (Wildman–Crippen LogP) is 4.30. The van der Waals surface area contributed by atoms with E-state index in [1.807, 2.05) is 13.8 Å². The first-order valence-corrected chi connectivity index (χ1v) is 10.5. The van der Waals surface area contributed by atoms with E-state index in [1.165, 1.54) is 11.1 Å². The van der Waals surface area contributed by atoms with Gasteiger partial charge in [0.2, 0.25) is 0 Å². The summed E-state index contributed by atoms with van der Waals surface area (Å²) in [5.41, 5.74) is 8.46. The quantitative estimate of drug-likeness (QED) is 0.543. The lowest BCUT2D eigenvalue weighted by Gasteiger charge is -2.17. The summed E-state index contributed by atoms with van der Waals surface area (Å²) in [7, 11) is 0. The summed E-state index contributed by atoms with van der Waals surface area (Å²) < 4.78 is 0. The van der Waals surface area contributed by atoms with E-state index in [2.05, 4.69) is 44.5 Å². The SMILES string of the molecule is Cc1ccc2c(n1)/C(=N/OCCCO/N=C1\CCCc3ccc(C)nc31)CCC2. The second-order valence-corrected chi connectivity index (χ2v) is 7.72. The van der Waals surface area contributed by atoms with Crippen molar-refractivity contribution < 1.29 is 9.68 Å². The van der Waals surface area contributed by atoms with Gasteiger partial charge in [0.1, 0.15) is 24.6 Å². The standard InChI is InChI=1S/C23H28N4O2/c1-16-10-12-18-6-3-8-20(22(18)24-16)26-28-14-5-15-29-27-21-9-4-7-19-13-11-17(2)25-23(19)21/h10-13H,3-9,14-15H2,1-2H3/b26-20+,27-21+. The van der Waals surface area contributed by atoms with E-state index in [1.54, 1.807) is 0 Å². The third kappa shape index (κ3) is 4.81. The highest BCUT2D eigenvalue weighted by Gasteiger charge is 2.18. The zero-order chi connectivity index (χ0) is 20.1. The lowest BCUT2D eigenvalue weighted by Crippen LogP contribution is -2.16. The number of fused-ring (bicyclic) bond motifs is 2. The van der Waals surface area contributed by atoms with Gasteiger partial charge in [-0.1, -0.05) is 22.4 Å². The molecule has 0 aliphatic heterocycles. The molecule has 152 valence electrons. The number of nitrogens with zero attached hydrogens (tertiary/aromatic N) is 4. The lowest BCUT2D eigenvalue weighted by molar-refractivity contribution is 0.0894. The van der Waals surface area contributed by atoms with Crippen molar-refractivity contribution in [3.05, 3.63) is 58.2 Å². The van der Waals surface area contributed by atoms with Gasteiger partial charge in [0, 0.05) is 17.8 Å². The van der Waals surface area contributed by atoms with Crippen LogP contribution in [0.2, 0.25) is 0 Å². The number of aryl methyl sites for hydroxylation is 4. The minimum atomic E-state index is 0.503. The summed E-state index contributed by atoms with van der Waals surface area (Å²) in [6.45, 7) is 5.02. The first-order valence-electron chi connectivity index (χ1n) is 10.5. The van der Waals surface area contributed by atoms with Crippen molar-refractivity contribution in [2.24, 2.45) is 10.3 Å². The monoisotopic (exact) mass is 392 g/mol. The molecule has 29 heavy (non-hydrogen) atoms. The molecule has 0 radical (unpaired) electrons. The van der Waals surface area contributed by atoms with Gasteiger partial charge in [0.05, 0.1) is 11.4 Å². The molecule has 2 aliphatic carbocycles. The molecule has 0 amide bonds. The van der Waals surface area contributed by atoms with Gasteiger partial charge in [-0.2, -0.15) is 0 Å². The Kier molecular flexibility index (Phi) is 6.17. The molecule has 0 bridgehead atoms. The smallest absolute Gasteiger partial charge is 0.120 e. The summed E-state index contributed by atoms with van der Waals surface area (Å²) in [5, 5.41) is 8.69. The van der Waals surface area contributed by atoms with Gasteiger partial charge in [-0.25, -0.2) is 0 Å². The van der Waals surface area contributed by atoms with E-state index in [-0.39, 0.29) is 0 Å². The Morgan fingerprint density at radius 3 is 1.69 bits per heavy atom. The molecular weight excluding hydrogens is 364 g/mol. The second-order valence-electron chi connectivity index (χ2n) is 7.72. The van der Waals surface area contributed by atoms with Crippen LogP contribution in [0.15, 0.2) is 34.6 Å². The molecule has 2 aromatic rings. The minimum absolute atomic E-state index is 0.503. The average Bonchev–Trinajstić information content (AvgIpc) is 2.73. The van der Waals surface area contributed by atoms with Crippen molar-refractivity contribution in [3.63, 3.8) is 0 Å². The average molecular weight is 393 g/mol. The molecule has 0 atom stereocenters. The number of oxime groups is 2. The van der Waals surface area contributed by atoms with Crippen LogP contribution < -0.4 is 0 Å². The fourth-order valence-electron chi connectivity index (χ4n) is 3.82. The lowest BCUT2D eigenvalue weighted by atomic mass is 9.94. The van der Waals surface area contributed by atoms with E-state index in [0.717, 1.165) is 79.1 Å². The second kappa shape index (κ2) is 9.16. The van der Waals surface area contributed by atoms with Crippen LogP contribution in [0.5, 0.6) is 0 Å². The summed E-state index contributed by atoms with van der Waals surface area (Å²) >= 11 is 0. The molecule has 0 saturated carbocycles. The summed E-state index contributed by atoms with van der Waals surface area (Å²) in [4.78, 5) is 20.4. The molecule has 6 nitrogen and oxygen atoms in total. The van der Waals surface area contributed by atoms with Crippen molar-refractivity contribution in [2.45, 2.75) is 58.8 Å². The van der Waals surface area contributed by atoms with Crippen molar-refractivity contribution >= 4 is 11.4 Å². The van der Waals surface area contributed by atoms with Crippen molar-refractivity contribution in [1.29, 1.82) is 0 Å². The van der Waals surface area contributed by atoms with Crippen LogP contribution in [-0.4, -0.2) is 34.6 Å². The molecule has 6 heteroatoms. The highest BCUT2D eigenvalue weighted by molar-refractivity contribution is 6.01. The van der Waals surface area contributed by atoms with E-state index >= 15 is 0 Å². The Bertz CT molecular complexity index is 861. The fraction of sp³-hybridized carbons (Fsp3) is 0.478. The van der Waals surface area contributed by atoms with Gasteiger partial charge < -0.3 is 9.68 Å². The number of aromatic nitrogens is 2. The molecule has 4 rings (SSSR count). The maximum Gasteiger partial charge on any atom is 0.120 e. The molecule has 2 heterocycles. The van der Waals surface area contributed by atoms with E-state index in [4.69, 9.17) is 9.68 Å². The molecule has 0 fully saturated rings. The van der Waals surface area contributed by atoms with Crippen molar-refractivity contribution in [2.75, 3.05) is 13.2 Å². The van der Waals surface area contributed by atoms with Crippen LogP contribution in [0.1, 0.15) is 66.0 Å². The molecule has 0 spiro atoms. The summed E-state index contributed by atoms with van der Waals surface area (Å²) in [5.74, 6) is 0. The number of rotatable bonds is 6. The zero-order valence-corrected chi connectivity index (χ0v) is 17.3. The molecule has 0 saturated heterocycles. The number of pyridine rings is 2. The van der Waals surface area contributed by atoms with Crippen LogP contribution in [0.25, 0.3) is 0 Å². The maximum atomic E-state index is 5.54. The Labute approximate surface area is 172 Å². The third-order valence-electron chi connectivity index (χ3n) is 5.32. The molecule has 0 N–H and O–H groups in total. The van der Waals surface area contributed by atoms with E-state index in [9.17, 15) is 0 Å². The van der Waals surface area contributed by atoms with Crippen LogP contribution in [-0.2, 0) is 22.5 Å². The largest absolute Gasteiger partial charge is 0.395 e. The minimum Gasteiger partial charge on any atom is -0.395 e. The Balaban J connectivity index is 1.26. The van der Waals surface area contributed by atoms with Crippen LogP contribution >= 0.6 is 0 Å². The number of hydrogen-bond acceptors (Lipinski definition) is 6. The van der Waals surface area contributed by atoms with Gasteiger partial charge in [0.15, 0.2) is 0 Å². The zero-order valence-electron chi connectivity index (χ0n) is 17.3. The molecule has 0 unspecified atom stereocenters. The van der Waals surface area contributed by atoms with Gasteiger partial charge in [-0.05, 0) is 75.6 Å². The maximum absolute atomic E-state index is 5.54. The fourth-order valence-corrected chi connectivity index (χ4v) is 3.82. The van der Waals surface area contributed by atoms with E-state index in [0.29, 0.717) is 13.2 Å². The Morgan fingerprint density at radius 1 is 0.724 bits per heavy atom. The predicted molar refractivity (Wildman–Crippen MR) is 113 cm³/mol. The highest BCUT2D eigenvalue weighted by Crippen LogP contribution is 2.21. The topological polar surface area (TPSA) is 69.0 Å². The Hall–Kier alpha value is -2.76. The Morgan fingerprint density at radius 2 is 1.21 bits per heavy atom. The van der Waals surface area contributed by atoms with E-state index < -0.39 is 0 Å². The van der Waals surface area contributed by atoms with Gasteiger partial charge in [0.25, 0.3) is 0 Å².